The van der Waals surface area contributed by atoms with E-state index in [-0.39, 0.29) is 0 Å². The van der Waals surface area contributed by atoms with Crippen molar-refractivity contribution >= 4 is 31.9 Å². The van der Waals surface area contributed by atoms with Crippen molar-refractivity contribution < 1.29 is 0 Å². The molecular weight excluding hydrogens is 378 g/mol. The number of hydrogen-bond acceptors (Lipinski definition) is 1. The lowest BCUT2D eigenvalue weighted by atomic mass is 10.0. The van der Waals surface area contributed by atoms with Gasteiger partial charge >= 0.3 is 0 Å². The highest BCUT2D eigenvalue weighted by atomic mass is 79.9. The second-order valence-corrected chi connectivity index (χ2v) is 6.75. The molecule has 106 valence electrons. The highest BCUT2D eigenvalue weighted by molar-refractivity contribution is 9.10. The molecule has 20 heavy (non-hydrogen) atoms. The summed E-state index contributed by atoms with van der Waals surface area (Å²) in [5.41, 5.74) is 3.91. The Bertz CT molecular complexity index is 564. The lowest BCUT2D eigenvalue weighted by Gasteiger charge is -2.18. The molecule has 0 aliphatic carbocycles. The molecule has 2 aromatic rings. The van der Waals surface area contributed by atoms with Crippen molar-refractivity contribution in [3.8, 4) is 0 Å². The van der Waals surface area contributed by atoms with Gasteiger partial charge in [0.2, 0.25) is 0 Å². The van der Waals surface area contributed by atoms with E-state index in [2.05, 4.69) is 93.5 Å². The predicted molar refractivity (Wildman–Crippen MR) is 92.9 cm³/mol. The molecular formula is C17H19Br2N. The van der Waals surface area contributed by atoms with Crippen LogP contribution in [0.1, 0.15) is 36.1 Å². The molecule has 0 radical (unpaired) electrons. The molecule has 0 heterocycles. The van der Waals surface area contributed by atoms with Crippen molar-refractivity contribution in [2.75, 3.05) is 0 Å². The molecule has 0 aliphatic rings. The van der Waals surface area contributed by atoms with Crippen LogP contribution in [0.3, 0.4) is 0 Å². The second-order valence-electron chi connectivity index (χ2n) is 4.98. The van der Waals surface area contributed by atoms with Gasteiger partial charge in [-0.25, -0.2) is 0 Å². The molecule has 0 amide bonds. The first-order valence-electron chi connectivity index (χ1n) is 6.84. The molecule has 1 nitrogen and oxygen atoms in total. The summed E-state index contributed by atoms with van der Waals surface area (Å²) in [4.78, 5) is 0. The molecule has 1 unspecified atom stereocenters. The first-order chi connectivity index (χ1) is 9.60. The monoisotopic (exact) mass is 395 g/mol. The average molecular weight is 397 g/mol. The minimum atomic E-state index is 0.392. The van der Waals surface area contributed by atoms with E-state index < -0.39 is 0 Å². The topological polar surface area (TPSA) is 12.0 Å². The Hall–Kier alpha value is -0.640. The fraction of sp³-hybridized carbons (Fsp3) is 0.294. The summed E-state index contributed by atoms with van der Waals surface area (Å²) in [6, 6.07) is 15.5. The number of rotatable bonds is 5. The second kappa shape index (κ2) is 7.39. The Balaban J connectivity index is 2.03. The van der Waals surface area contributed by atoms with E-state index in [1.54, 1.807) is 0 Å². The van der Waals surface area contributed by atoms with Crippen molar-refractivity contribution in [3.05, 3.63) is 68.1 Å². The molecule has 2 aromatic carbocycles. The van der Waals surface area contributed by atoms with Crippen molar-refractivity contribution in [3.63, 3.8) is 0 Å². The van der Waals surface area contributed by atoms with Gasteiger partial charge in [0.25, 0.3) is 0 Å². The van der Waals surface area contributed by atoms with Crippen LogP contribution < -0.4 is 5.32 Å². The van der Waals surface area contributed by atoms with Crippen LogP contribution in [-0.2, 0) is 6.54 Å². The Morgan fingerprint density at radius 2 is 1.75 bits per heavy atom. The maximum absolute atomic E-state index is 3.63. The fourth-order valence-corrected chi connectivity index (χ4v) is 2.87. The van der Waals surface area contributed by atoms with Crippen LogP contribution in [0.15, 0.2) is 51.4 Å². The summed E-state index contributed by atoms with van der Waals surface area (Å²) in [6.45, 7) is 5.20. The Morgan fingerprint density at radius 1 is 1.05 bits per heavy atom. The summed E-state index contributed by atoms with van der Waals surface area (Å²) in [6.07, 6.45) is 1.08. The predicted octanol–water partition coefficient (Wildman–Crippen LogP) is 5.76. The molecule has 0 spiro atoms. The zero-order valence-corrected chi connectivity index (χ0v) is 15.0. The van der Waals surface area contributed by atoms with E-state index in [9.17, 15) is 0 Å². The van der Waals surface area contributed by atoms with E-state index in [1.807, 2.05) is 0 Å². The average Bonchev–Trinajstić information content (AvgIpc) is 2.45. The van der Waals surface area contributed by atoms with Gasteiger partial charge in [-0.15, -0.1) is 0 Å². The van der Waals surface area contributed by atoms with Crippen molar-refractivity contribution in [2.24, 2.45) is 0 Å². The number of hydrogen-bond donors (Lipinski definition) is 1. The molecule has 0 saturated heterocycles. The maximum atomic E-state index is 3.63. The van der Waals surface area contributed by atoms with Crippen LogP contribution in [0.4, 0.5) is 0 Å². The lowest BCUT2D eigenvalue weighted by molar-refractivity contribution is 0.519. The zero-order valence-electron chi connectivity index (χ0n) is 11.8. The molecule has 3 heteroatoms. The van der Waals surface area contributed by atoms with Gasteiger partial charge in [-0.2, -0.15) is 0 Å². The Morgan fingerprint density at radius 3 is 2.35 bits per heavy atom. The van der Waals surface area contributed by atoms with Crippen molar-refractivity contribution in [1.82, 2.24) is 5.32 Å². The number of aryl methyl sites for hydroxylation is 1. The summed E-state index contributed by atoms with van der Waals surface area (Å²) >= 11 is 7.07. The third kappa shape index (κ3) is 4.18. The van der Waals surface area contributed by atoms with Crippen LogP contribution in [-0.4, -0.2) is 0 Å². The van der Waals surface area contributed by atoms with Gasteiger partial charge in [0.05, 0.1) is 0 Å². The largest absolute Gasteiger partial charge is 0.306 e. The number of halogens is 2. The summed E-state index contributed by atoms with van der Waals surface area (Å²) in [5, 5.41) is 3.63. The van der Waals surface area contributed by atoms with E-state index in [4.69, 9.17) is 0 Å². The minimum Gasteiger partial charge on any atom is -0.306 e. The van der Waals surface area contributed by atoms with Crippen LogP contribution >= 0.6 is 31.9 Å². The molecule has 0 saturated carbocycles. The van der Waals surface area contributed by atoms with E-state index >= 15 is 0 Å². The van der Waals surface area contributed by atoms with Gasteiger partial charge in [-0.3, -0.25) is 0 Å². The molecule has 0 fully saturated rings. The molecule has 0 bridgehead atoms. The first kappa shape index (κ1) is 15.7. The molecule has 2 rings (SSSR count). The van der Waals surface area contributed by atoms with Crippen molar-refractivity contribution in [2.45, 2.75) is 32.9 Å². The standard InChI is InChI=1S/C17H19Br2N/c1-3-17(14-6-8-15(18)9-7-14)20-11-13-5-4-12(2)16(19)10-13/h4-10,17,20H,3,11H2,1-2H3. The van der Waals surface area contributed by atoms with Gasteiger partial charge in [0, 0.05) is 21.5 Å². The van der Waals surface area contributed by atoms with Crippen LogP contribution in [0.5, 0.6) is 0 Å². The molecule has 1 N–H and O–H groups in total. The quantitative estimate of drug-likeness (QED) is 0.677. The van der Waals surface area contributed by atoms with E-state index in [0.717, 1.165) is 17.4 Å². The third-order valence-corrected chi connectivity index (χ3v) is 4.85. The van der Waals surface area contributed by atoms with Crippen LogP contribution in [0.2, 0.25) is 0 Å². The maximum Gasteiger partial charge on any atom is 0.0320 e. The van der Waals surface area contributed by atoms with Crippen LogP contribution in [0.25, 0.3) is 0 Å². The van der Waals surface area contributed by atoms with Crippen LogP contribution in [0, 0.1) is 6.92 Å². The Labute approximate surface area is 138 Å². The van der Waals surface area contributed by atoms with Gasteiger partial charge in [0.15, 0.2) is 0 Å². The van der Waals surface area contributed by atoms with Crippen molar-refractivity contribution in [1.29, 1.82) is 0 Å². The number of nitrogens with one attached hydrogen (secondary N) is 1. The SMILES string of the molecule is CCC(NCc1ccc(C)c(Br)c1)c1ccc(Br)cc1. The highest BCUT2D eigenvalue weighted by Crippen LogP contribution is 2.21. The summed E-state index contributed by atoms with van der Waals surface area (Å²) < 4.78 is 2.30. The van der Waals surface area contributed by atoms with E-state index in [1.165, 1.54) is 21.2 Å². The Kier molecular flexibility index (Phi) is 5.82. The summed E-state index contributed by atoms with van der Waals surface area (Å²) in [5.74, 6) is 0. The molecule has 0 aliphatic heterocycles. The lowest BCUT2D eigenvalue weighted by Crippen LogP contribution is -2.20. The van der Waals surface area contributed by atoms with Gasteiger partial charge in [0.1, 0.15) is 0 Å². The molecule has 1 atom stereocenters. The minimum absolute atomic E-state index is 0.392. The van der Waals surface area contributed by atoms with Gasteiger partial charge < -0.3 is 5.32 Å². The normalized spacial score (nSPS) is 12.4. The van der Waals surface area contributed by atoms with Gasteiger partial charge in [-0.05, 0) is 48.2 Å². The zero-order chi connectivity index (χ0) is 14.5. The fourth-order valence-electron chi connectivity index (χ4n) is 2.18. The number of benzene rings is 2. The summed E-state index contributed by atoms with van der Waals surface area (Å²) in [7, 11) is 0. The van der Waals surface area contributed by atoms with Gasteiger partial charge in [-0.1, -0.05) is 63.0 Å². The highest BCUT2D eigenvalue weighted by Gasteiger charge is 2.08. The smallest absolute Gasteiger partial charge is 0.0320 e. The molecule has 0 aromatic heterocycles. The third-order valence-electron chi connectivity index (χ3n) is 3.47. The first-order valence-corrected chi connectivity index (χ1v) is 8.42. The van der Waals surface area contributed by atoms with E-state index in [0.29, 0.717) is 6.04 Å².